The molecule has 0 radical (unpaired) electrons. The van der Waals surface area contributed by atoms with Crippen LogP contribution in [-0.2, 0) is 5.54 Å². The van der Waals surface area contributed by atoms with Crippen molar-refractivity contribution in [3.8, 4) is 34.5 Å². The van der Waals surface area contributed by atoms with Gasteiger partial charge in [-0.15, -0.1) is 0 Å². The van der Waals surface area contributed by atoms with Crippen LogP contribution in [0.15, 0.2) is 137 Å². The van der Waals surface area contributed by atoms with E-state index in [1.165, 1.54) is 0 Å². The Hall–Kier alpha value is -7.44. The molecule has 2 aliphatic rings. The fraction of sp³-hybridized carbons (Fsp3) is 0.176. The van der Waals surface area contributed by atoms with Gasteiger partial charge in [0.2, 0.25) is 0 Å². The van der Waals surface area contributed by atoms with Gasteiger partial charge in [-0.05, 0) is 106 Å². The number of nitrogens with zero attached hydrogens (tertiary/aromatic N) is 3. The molecule has 1 spiro atoms. The lowest BCUT2D eigenvalue weighted by atomic mass is 9.74. The number of nitrogens with two attached hydrogens (primary N) is 2. The van der Waals surface area contributed by atoms with Crippen LogP contribution in [0.25, 0.3) is 22.1 Å². The Morgan fingerprint density at radius 1 is 0.617 bits per heavy atom. The molecule has 1 amide bonds. The molecule has 0 fully saturated rings. The molecule has 0 aliphatic carbocycles. The number of rotatable bonds is 8. The number of carbonyl (C=O) groups is 1. The number of fused-ring (bicyclic) bond motifs is 7. The van der Waals surface area contributed by atoms with E-state index in [4.69, 9.17) is 20.6 Å². The number of carbonyl (C=O) groups excluding carboxylic acids is 1. The number of hydrogen-bond acceptors (Lipinski definition) is 8. The van der Waals surface area contributed by atoms with Gasteiger partial charge >= 0.3 is 5.63 Å². The molecule has 60 heavy (non-hydrogen) atoms. The van der Waals surface area contributed by atoms with Gasteiger partial charge in [-0.3, -0.25) is 9.69 Å². The smallest absolute Gasteiger partial charge is 0.344 e. The Bertz CT molecular complexity index is 2890. The van der Waals surface area contributed by atoms with Crippen molar-refractivity contribution >= 4 is 45.3 Å². The highest BCUT2D eigenvalue weighted by Crippen LogP contribution is 2.60. The van der Waals surface area contributed by atoms with Gasteiger partial charge in [-0.1, -0.05) is 48.2 Å². The second-order valence-corrected chi connectivity index (χ2v) is 15.0. The zero-order valence-corrected chi connectivity index (χ0v) is 34.1. The maximum absolute atomic E-state index is 15.1. The van der Waals surface area contributed by atoms with Crippen molar-refractivity contribution in [2.75, 3.05) is 52.3 Å². The van der Waals surface area contributed by atoms with Crippen LogP contribution < -0.4 is 36.5 Å². The van der Waals surface area contributed by atoms with E-state index >= 15 is 4.79 Å². The summed E-state index contributed by atoms with van der Waals surface area (Å²) >= 11 is 0. The minimum absolute atomic E-state index is 0.168. The highest BCUT2D eigenvalue weighted by molar-refractivity contribution is 6.15. The van der Waals surface area contributed by atoms with Crippen molar-refractivity contribution < 1.29 is 13.9 Å². The first-order valence-corrected chi connectivity index (χ1v) is 20.4. The van der Waals surface area contributed by atoms with Crippen molar-refractivity contribution in [2.24, 2.45) is 0 Å². The van der Waals surface area contributed by atoms with Crippen molar-refractivity contribution in [1.82, 2.24) is 0 Å². The largest absolute Gasteiger partial charge is 0.456 e. The van der Waals surface area contributed by atoms with Crippen LogP contribution in [0.2, 0.25) is 0 Å². The third-order valence-corrected chi connectivity index (χ3v) is 11.9. The van der Waals surface area contributed by atoms with E-state index in [1.807, 2.05) is 83.8 Å². The topological polar surface area (TPSA) is 118 Å². The summed E-state index contributed by atoms with van der Waals surface area (Å²) in [5.41, 5.74) is 20.9. The second kappa shape index (κ2) is 15.1. The monoisotopic (exact) mass is 791 g/mol. The summed E-state index contributed by atoms with van der Waals surface area (Å²) in [6.45, 7) is 11.9. The van der Waals surface area contributed by atoms with Crippen LogP contribution in [0.4, 0.5) is 28.4 Å². The lowest BCUT2D eigenvalue weighted by Gasteiger charge is -2.45. The molecule has 3 heterocycles. The molecular weight excluding hydrogens is 747 g/mol. The number of hydrogen-bond donors (Lipinski definition) is 2. The van der Waals surface area contributed by atoms with Gasteiger partial charge in [0.25, 0.3) is 5.91 Å². The Labute approximate surface area is 349 Å². The summed E-state index contributed by atoms with van der Waals surface area (Å²) in [6.07, 6.45) is 0. The van der Waals surface area contributed by atoms with Crippen molar-refractivity contribution in [2.45, 2.75) is 33.2 Å². The quantitative estimate of drug-likeness (QED) is 0.0888. The normalized spacial score (nSPS) is 13.3. The molecule has 2 aliphatic heterocycles. The third kappa shape index (κ3) is 6.11. The van der Waals surface area contributed by atoms with Gasteiger partial charge in [0.15, 0.2) is 0 Å². The number of para-hydroxylation sites is 2. The van der Waals surface area contributed by atoms with Gasteiger partial charge < -0.3 is 30.4 Å². The molecule has 9 rings (SSSR count). The molecule has 1 aromatic heterocycles. The number of anilines is 5. The Balaban J connectivity index is 1.21. The first-order valence-electron chi connectivity index (χ1n) is 20.4. The van der Waals surface area contributed by atoms with E-state index in [1.54, 1.807) is 12.1 Å². The van der Waals surface area contributed by atoms with Crippen LogP contribution in [0, 0.1) is 11.8 Å². The lowest BCUT2D eigenvalue weighted by molar-refractivity contribution is 0.0986. The summed E-state index contributed by atoms with van der Waals surface area (Å²) in [7, 11) is 0. The van der Waals surface area contributed by atoms with E-state index in [9.17, 15) is 4.79 Å². The van der Waals surface area contributed by atoms with Crippen LogP contribution in [-0.4, -0.2) is 32.1 Å². The molecule has 0 saturated carbocycles. The maximum Gasteiger partial charge on any atom is 0.344 e. The minimum Gasteiger partial charge on any atom is -0.456 e. The number of amides is 1. The highest BCUT2D eigenvalue weighted by atomic mass is 16.5. The van der Waals surface area contributed by atoms with E-state index in [0.29, 0.717) is 45.3 Å². The van der Waals surface area contributed by atoms with Gasteiger partial charge in [-0.25, -0.2) is 4.79 Å². The van der Waals surface area contributed by atoms with Crippen LogP contribution in [0.1, 0.15) is 65.9 Å². The second-order valence-electron chi connectivity index (χ2n) is 15.0. The molecule has 9 nitrogen and oxygen atoms in total. The molecule has 6 aromatic carbocycles. The summed E-state index contributed by atoms with van der Waals surface area (Å²) in [5.74, 6) is 7.87. The third-order valence-electron chi connectivity index (χ3n) is 11.9. The van der Waals surface area contributed by atoms with E-state index in [2.05, 4.69) is 85.7 Å². The average molecular weight is 792 g/mol. The Morgan fingerprint density at radius 2 is 1.23 bits per heavy atom. The number of ether oxygens (including phenoxy) is 1. The van der Waals surface area contributed by atoms with Crippen LogP contribution in [0.5, 0.6) is 11.5 Å². The van der Waals surface area contributed by atoms with Crippen molar-refractivity contribution in [3.63, 3.8) is 0 Å². The van der Waals surface area contributed by atoms with Gasteiger partial charge in [-0.2, -0.15) is 0 Å². The van der Waals surface area contributed by atoms with Gasteiger partial charge in [0.1, 0.15) is 22.6 Å². The summed E-state index contributed by atoms with van der Waals surface area (Å²) in [6, 6.07) is 40.6. The first-order chi connectivity index (χ1) is 29.2. The van der Waals surface area contributed by atoms with Gasteiger partial charge in [0, 0.05) is 100 Å². The average Bonchev–Trinajstić information content (AvgIpc) is 3.51. The molecule has 0 saturated heterocycles. The molecule has 0 unspecified atom stereocenters. The molecule has 4 N–H and O–H groups in total. The van der Waals surface area contributed by atoms with Crippen LogP contribution >= 0.6 is 0 Å². The first kappa shape index (κ1) is 38.1. The SMILES string of the molecule is CCN(CC)c1ccc2c(c1)Oc1cc(N(CC)CC)ccc1C21c2cc(C#Cc3ccc(-c4cc5ccc(N)cc5oc4=O)cc3)ccc2C(=O)N1c1ccccc1N. The summed E-state index contributed by atoms with van der Waals surface area (Å²) in [5, 5.41) is 0.785. The van der Waals surface area contributed by atoms with E-state index in [0.717, 1.165) is 76.3 Å². The van der Waals surface area contributed by atoms with Crippen LogP contribution in [0.3, 0.4) is 0 Å². The van der Waals surface area contributed by atoms with E-state index < -0.39 is 11.2 Å². The van der Waals surface area contributed by atoms with Crippen molar-refractivity contribution in [3.05, 3.63) is 171 Å². The predicted molar refractivity (Wildman–Crippen MR) is 242 cm³/mol. The predicted octanol–water partition coefficient (Wildman–Crippen LogP) is 9.77. The zero-order chi connectivity index (χ0) is 41.7. The molecule has 0 bridgehead atoms. The number of nitrogen functional groups attached to an aromatic ring is 2. The Morgan fingerprint density at radius 3 is 1.87 bits per heavy atom. The molecule has 9 heteroatoms. The fourth-order valence-electron chi connectivity index (χ4n) is 8.84. The van der Waals surface area contributed by atoms with Gasteiger partial charge in [0.05, 0.1) is 16.9 Å². The van der Waals surface area contributed by atoms with Crippen molar-refractivity contribution in [1.29, 1.82) is 0 Å². The summed E-state index contributed by atoms with van der Waals surface area (Å²) < 4.78 is 12.5. The molecule has 298 valence electrons. The minimum atomic E-state index is -1.15. The molecular formula is C51H45N5O4. The molecule has 7 aromatic rings. The lowest BCUT2D eigenvalue weighted by Crippen LogP contribution is -2.48. The Kier molecular flexibility index (Phi) is 9.56. The fourth-order valence-corrected chi connectivity index (χ4v) is 8.84. The number of benzene rings is 6. The maximum atomic E-state index is 15.1. The standard InChI is InChI=1S/C51H45N5O4/c1-5-54(6-2)37-22-25-41-47(30-37)59-48-31-38(55(7-3)8-4)23-26-42(48)51(41)43-27-33(17-24-39(43)49(57)56(51)45-12-10-9-11-44(45)53)14-13-32-15-18-34(19-16-32)40-28-35-20-21-36(52)29-46(35)60-50(40)58/h9-12,15-31H,5-8,52-53H2,1-4H3. The summed E-state index contributed by atoms with van der Waals surface area (Å²) in [4.78, 5) is 34.4. The van der Waals surface area contributed by atoms with E-state index in [-0.39, 0.29) is 5.91 Å². The molecule has 0 atom stereocenters. The zero-order valence-electron chi connectivity index (χ0n) is 34.1. The highest BCUT2D eigenvalue weighted by Gasteiger charge is 2.57.